The second-order valence-corrected chi connectivity index (χ2v) is 29.5. The van der Waals surface area contributed by atoms with Crippen molar-refractivity contribution in [3.63, 3.8) is 0 Å². The number of ether oxygens (including phenoxy) is 4. The average Bonchev–Trinajstić information content (AvgIpc) is 0.923. The molecule has 0 heterocycles. The topological polar surface area (TPSA) is 237 Å². The van der Waals surface area contributed by atoms with Crippen molar-refractivity contribution in [2.45, 2.75) is 354 Å². The highest BCUT2D eigenvalue weighted by atomic mass is 31.2. The fourth-order valence-corrected chi connectivity index (χ4v) is 12.1. The summed E-state index contributed by atoms with van der Waals surface area (Å²) in [6.45, 7) is 4.71. The van der Waals surface area contributed by atoms with Crippen LogP contribution in [0.3, 0.4) is 0 Å². The number of carbonyl (C=O) groups is 4. The van der Waals surface area contributed by atoms with Crippen LogP contribution in [0.1, 0.15) is 336 Å². The first-order valence-corrected chi connectivity index (χ1v) is 43.1. The van der Waals surface area contributed by atoms with Gasteiger partial charge in [-0.2, -0.15) is 0 Å². The summed E-state index contributed by atoms with van der Waals surface area (Å²) in [6, 6.07) is 0. The molecule has 0 aromatic heterocycles. The minimum atomic E-state index is -4.99. The van der Waals surface area contributed by atoms with Crippen molar-refractivity contribution < 1.29 is 80.2 Å². The molecule has 2 unspecified atom stereocenters. The molecule has 0 bridgehead atoms. The lowest BCUT2D eigenvalue weighted by Crippen LogP contribution is -2.30. The lowest BCUT2D eigenvalue weighted by Gasteiger charge is -2.21. The van der Waals surface area contributed by atoms with Crippen LogP contribution in [0.2, 0.25) is 0 Å². The molecule has 3 N–H and O–H groups in total. The standard InChI is InChI=1S/C83H144O17P2/c1-5-9-13-17-21-25-29-33-37-38-42-44-48-52-56-60-64-68-81(86)94-74-79(100-83(88)70-66-62-58-54-50-46-41-36-32-28-24-20-16-12-8-4)76-98-102(91,92)96-72-77(84)71-95-101(89,90)97-75-78(99-82(87)69-65-61-57-53-49-45-40-35-31-27-23-19-15-11-7-3)73-93-80(85)67-63-59-55-51-47-43-39-34-30-26-22-18-14-10-6-2/h21-22,24-28,31,33-34,36-37,39,41-42,44,52,56,77-79,84H,5-20,23,29-30,32,35,38,40,43,45-51,53-55,57-76H2,1-4H3,(H,89,90)(H,91,92)/b25-21-,26-22-,28-24-,31-27-,37-33-,39-34-,41-36-,44-42-,56-52-/t77-,78+,79+/m0/s1. The first-order valence-electron chi connectivity index (χ1n) is 40.1. The van der Waals surface area contributed by atoms with Crippen molar-refractivity contribution in [2.75, 3.05) is 39.6 Å². The molecule has 0 spiro atoms. The van der Waals surface area contributed by atoms with Crippen LogP contribution in [0.4, 0.5) is 0 Å². The van der Waals surface area contributed by atoms with Gasteiger partial charge in [0.2, 0.25) is 0 Å². The molecule has 5 atom stereocenters. The molecular formula is C83H144O17P2. The van der Waals surface area contributed by atoms with E-state index in [0.717, 1.165) is 167 Å². The number of allylic oxidation sites excluding steroid dienone is 18. The smallest absolute Gasteiger partial charge is 0.462 e. The van der Waals surface area contributed by atoms with Gasteiger partial charge in [-0.1, -0.05) is 265 Å². The highest BCUT2D eigenvalue weighted by molar-refractivity contribution is 7.47. The molecule has 17 nitrogen and oxygen atoms in total. The zero-order valence-corrected chi connectivity index (χ0v) is 66.0. The first-order chi connectivity index (χ1) is 49.7. The Morgan fingerprint density at radius 2 is 0.490 bits per heavy atom. The third kappa shape index (κ3) is 74.0. The predicted molar refractivity (Wildman–Crippen MR) is 418 cm³/mol. The van der Waals surface area contributed by atoms with Gasteiger partial charge in [-0.25, -0.2) is 9.13 Å². The Morgan fingerprint density at radius 3 is 0.804 bits per heavy atom. The summed E-state index contributed by atoms with van der Waals surface area (Å²) in [5.74, 6) is -2.26. The molecule has 102 heavy (non-hydrogen) atoms. The van der Waals surface area contributed by atoms with Gasteiger partial charge in [0.25, 0.3) is 0 Å². The van der Waals surface area contributed by atoms with Gasteiger partial charge in [-0.3, -0.25) is 37.3 Å². The van der Waals surface area contributed by atoms with Crippen LogP contribution < -0.4 is 0 Å². The van der Waals surface area contributed by atoms with E-state index in [2.05, 4.69) is 125 Å². The highest BCUT2D eigenvalue weighted by Gasteiger charge is 2.30. The monoisotopic (exact) mass is 1470 g/mol. The number of phosphoric ester groups is 2. The molecule has 0 amide bonds. The van der Waals surface area contributed by atoms with Crippen LogP contribution in [0.5, 0.6) is 0 Å². The number of carbonyl (C=O) groups excluding carboxylic acids is 4. The molecule has 0 aliphatic carbocycles. The van der Waals surface area contributed by atoms with E-state index in [0.29, 0.717) is 32.1 Å². The summed E-state index contributed by atoms with van der Waals surface area (Å²) >= 11 is 0. The largest absolute Gasteiger partial charge is 0.472 e. The number of esters is 4. The van der Waals surface area contributed by atoms with Crippen molar-refractivity contribution in [1.82, 2.24) is 0 Å². The summed E-state index contributed by atoms with van der Waals surface area (Å²) in [5.41, 5.74) is 0. The van der Waals surface area contributed by atoms with Gasteiger partial charge in [-0.05, 0) is 154 Å². The molecular weight excluding hydrogens is 1330 g/mol. The van der Waals surface area contributed by atoms with E-state index >= 15 is 0 Å². The Bertz CT molecular complexity index is 2360. The van der Waals surface area contributed by atoms with E-state index in [1.807, 2.05) is 12.2 Å². The first kappa shape index (κ1) is 97.7. The molecule has 0 aliphatic rings. The summed E-state index contributed by atoms with van der Waals surface area (Å²) in [7, 11) is -9.98. The quantitative estimate of drug-likeness (QED) is 0.0169. The van der Waals surface area contributed by atoms with E-state index in [-0.39, 0.29) is 25.7 Å². The number of hydrogen-bond donors (Lipinski definition) is 3. The Balaban J connectivity index is 5.43. The van der Waals surface area contributed by atoms with Crippen LogP contribution in [-0.4, -0.2) is 96.7 Å². The van der Waals surface area contributed by atoms with Gasteiger partial charge in [0.1, 0.15) is 19.3 Å². The van der Waals surface area contributed by atoms with Gasteiger partial charge >= 0.3 is 39.5 Å². The molecule has 0 aromatic carbocycles. The number of rotatable bonds is 75. The van der Waals surface area contributed by atoms with Gasteiger partial charge < -0.3 is 33.8 Å². The van der Waals surface area contributed by atoms with E-state index in [9.17, 15) is 43.2 Å². The summed E-state index contributed by atoms with van der Waals surface area (Å²) < 4.78 is 68.5. The van der Waals surface area contributed by atoms with Crippen LogP contribution in [-0.2, 0) is 65.4 Å². The third-order valence-corrected chi connectivity index (χ3v) is 18.6. The minimum absolute atomic E-state index is 0.0662. The SMILES string of the molecule is CCCCC/C=C\C/C=C\C/C=C\C/C=C\CCCC(=O)OC[C@H](COP(=O)(O)OC[C@@H](O)COP(=O)(O)OC[C@@H](COC(=O)CCCCCCC/C=C\C/C=C\CCCCC)OC(=O)CCCCCCCCC/C=C\CCCCCC)OC(=O)CCCCCCC/C=C\C/C=C\CCCCC. The Labute approximate surface area is 619 Å². The maximum absolute atomic E-state index is 13.1. The fraction of sp³-hybridized carbons (Fsp3) is 0.735. The van der Waals surface area contributed by atoms with Crippen molar-refractivity contribution in [1.29, 1.82) is 0 Å². The lowest BCUT2D eigenvalue weighted by molar-refractivity contribution is -0.161. The summed E-state index contributed by atoms with van der Waals surface area (Å²) in [6.07, 6.45) is 80.6. The van der Waals surface area contributed by atoms with Crippen molar-refractivity contribution >= 4 is 39.5 Å². The molecule has 0 fully saturated rings. The van der Waals surface area contributed by atoms with Gasteiger partial charge in [0, 0.05) is 25.7 Å². The highest BCUT2D eigenvalue weighted by Crippen LogP contribution is 2.45. The molecule has 0 saturated heterocycles. The Kier molecular flexibility index (Phi) is 71.8. The maximum Gasteiger partial charge on any atom is 0.472 e. The Morgan fingerprint density at radius 1 is 0.275 bits per heavy atom. The Hall–Kier alpha value is -4.28. The van der Waals surface area contributed by atoms with Crippen LogP contribution in [0.15, 0.2) is 109 Å². The molecule has 0 saturated carbocycles. The third-order valence-electron chi connectivity index (χ3n) is 16.7. The maximum atomic E-state index is 13.1. The number of hydrogen-bond acceptors (Lipinski definition) is 15. The van der Waals surface area contributed by atoms with Crippen molar-refractivity contribution in [3.05, 3.63) is 109 Å². The second-order valence-electron chi connectivity index (χ2n) is 26.6. The summed E-state index contributed by atoms with van der Waals surface area (Å²) in [4.78, 5) is 73.0. The number of aliphatic hydroxyl groups excluding tert-OH is 1. The van der Waals surface area contributed by atoms with Crippen LogP contribution in [0, 0.1) is 0 Å². The zero-order valence-electron chi connectivity index (χ0n) is 64.3. The van der Waals surface area contributed by atoms with E-state index in [4.69, 9.17) is 37.0 Å². The molecule has 588 valence electrons. The van der Waals surface area contributed by atoms with Gasteiger partial charge in [0.15, 0.2) is 12.2 Å². The molecule has 0 aromatic rings. The number of aliphatic hydroxyl groups is 1. The predicted octanol–water partition coefficient (Wildman–Crippen LogP) is 23.3. The van der Waals surface area contributed by atoms with Crippen LogP contribution in [0.25, 0.3) is 0 Å². The lowest BCUT2D eigenvalue weighted by atomic mass is 10.1. The second kappa shape index (κ2) is 75.0. The minimum Gasteiger partial charge on any atom is -0.462 e. The number of phosphoric acid groups is 2. The summed E-state index contributed by atoms with van der Waals surface area (Å²) in [5, 5.41) is 10.6. The zero-order chi connectivity index (χ0) is 74.6. The van der Waals surface area contributed by atoms with Crippen molar-refractivity contribution in [2.24, 2.45) is 0 Å². The van der Waals surface area contributed by atoms with E-state index < -0.39 is 97.5 Å². The fourth-order valence-electron chi connectivity index (χ4n) is 10.5. The molecule has 0 rings (SSSR count). The number of unbranched alkanes of at least 4 members (excludes halogenated alkanes) is 31. The van der Waals surface area contributed by atoms with Gasteiger partial charge in [-0.15, -0.1) is 0 Å². The van der Waals surface area contributed by atoms with E-state index in [1.54, 1.807) is 0 Å². The van der Waals surface area contributed by atoms with Crippen molar-refractivity contribution in [3.8, 4) is 0 Å². The normalized spacial score (nSPS) is 14.5. The molecule has 19 heteroatoms. The van der Waals surface area contributed by atoms with E-state index in [1.165, 1.54) is 83.5 Å². The van der Waals surface area contributed by atoms with Crippen LogP contribution >= 0.6 is 15.6 Å². The van der Waals surface area contributed by atoms with Gasteiger partial charge in [0.05, 0.1) is 26.4 Å². The average molecular weight is 1480 g/mol. The molecule has 0 radical (unpaired) electrons. The molecule has 0 aliphatic heterocycles.